The molecule has 1 N–H and O–H groups in total. The van der Waals surface area contributed by atoms with Gasteiger partial charge in [-0.1, -0.05) is 51.9 Å². The molecule has 110 valence electrons. The number of hydrogen-bond acceptors (Lipinski definition) is 1. The molecule has 0 spiro atoms. The molecule has 0 aromatic heterocycles. The molecule has 2 nitrogen and oxygen atoms in total. The summed E-state index contributed by atoms with van der Waals surface area (Å²) in [5, 5.41) is 8.93. The molecule has 0 heterocycles. The minimum atomic E-state index is -0.770. The summed E-state index contributed by atoms with van der Waals surface area (Å²) in [5.74, 6) is 5.32. The summed E-state index contributed by atoms with van der Waals surface area (Å²) in [4.78, 5) is 10.9. The van der Waals surface area contributed by atoms with E-state index < -0.39 is 11.4 Å². The zero-order valence-electron chi connectivity index (χ0n) is 12.9. The van der Waals surface area contributed by atoms with Crippen LogP contribution in [0.3, 0.4) is 0 Å². The van der Waals surface area contributed by atoms with Crippen molar-refractivity contribution in [2.24, 2.45) is 5.41 Å². The molecular formula is C17H30O2. The molecule has 0 aromatic rings. The first-order valence-electron chi connectivity index (χ1n) is 7.70. The molecule has 0 unspecified atom stereocenters. The van der Waals surface area contributed by atoms with Crippen molar-refractivity contribution in [3.8, 4) is 11.8 Å². The van der Waals surface area contributed by atoms with E-state index in [-0.39, 0.29) is 0 Å². The van der Waals surface area contributed by atoms with Gasteiger partial charge in [-0.3, -0.25) is 4.79 Å². The van der Waals surface area contributed by atoms with Crippen molar-refractivity contribution < 1.29 is 9.90 Å². The van der Waals surface area contributed by atoms with Gasteiger partial charge in [0.05, 0.1) is 5.41 Å². The normalized spacial score (nSPS) is 10.9. The molecule has 0 saturated heterocycles. The molecule has 19 heavy (non-hydrogen) atoms. The minimum absolute atomic E-state index is 0.444. The van der Waals surface area contributed by atoms with Crippen LogP contribution in [0.25, 0.3) is 0 Å². The van der Waals surface area contributed by atoms with E-state index in [9.17, 15) is 4.79 Å². The zero-order chi connectivity index (χ0) is 14.6. The molecule has 0 saturated carbocycles. The summed E-state index contributed by atoms with van der Waals surface area (Å²) in [6.45, 7) is 5.69. The molecule has 0 aliphatic rings. The number of rotatable bonds is 10. The molecule has 0 aliphatic heterocycles. The van der Waals surface area contributed by atoms with Crippen LogP contribution in [0.2, 0.25) is 0 Å². The number of hydrogen-bond donors (Lipinski definition) is 1. The van der Waals surface area contributed by atoms with Crippen LogP contribution < -0.4 is 0 Å². The van der Waals surface area contributed by atoms with Crippen LogP contribution in [0.15, 0.2) is 0 Å². The van der Waals surface area contributed by atoms with E-state index in [0.29, 0.717) is 6.42 Å². The van der Waals surface area contributed by atoms with Crippen molar-refractivity contribution in [2.45, 2.75) is 85.0 Å². The number of aliphatic carboxylic acids is 1. The lowest BCUT2D eigenvalue weighted by atomic mass is 9.90. The van der Waals surface area contributed by atoms with E-state index in [2.05, 4.69) is 18.8 Å². The van der Waals surface area contributed by atoms with Crippen LogP contribution in [0, 0.1) is 17.3 Å². The highest BCUT2D eigenvalue weighted by atomic mass is 16.4. The van der Waals surface area contributed by atoms with E-state index in [1.54, 1.807) is 13.8 Å². The van der Waals surface area contributed by atoms with Crippen molar-refractivity contribution in [1.82, 2.24) is 0 Å². The van der Waals surface area contributed by atoms with Gasteiger partial charge >= 0.3 is 5.97 Å². The second-order valence-corrected chi connectivity index (χ2v) is 5.94. The predicted molar refractivity (Wildman–Crippen MR) is 81.0 cm³/mol. The maximum absolute atomic E-state index is 10.9. The van der Waals surface area contributed by atoms with Gasteiger partial charge in [-0.05, 0) is 20.3 Å². The van der Waals surface area contributed by atoms with Crippen molar-refractivity contribution >= 4 is 5.97 Å². The average Bonchev–Trinajstić information content (AvgIpc) is 2.35. The highest BCUT2D eigenvalue weighted by Crippen LogP contribution is 2.19. The Morgan fingerprint density at radius 3 is 2.00 bits per heavy atom. The Balaban J connectivity index is 3.43. The van der Waals surface area contributed by atoms with Gasteiger partial charge in [-0.2, -0.15) is 0 Å². The van der Waals surface area contributed by atoms with Crippen LogP contribution >= 0.6 is 0 Å². The third kappa shape index (κ3) is 10.6. The van der Waals surface area contributed by atoms with Gasteiger partial charge in [0.15, 0.2) is 0 Å². The zero-order valence-corrected chi connectivity index (χ0v) is 12.9. The first-order valence-corrected chi connectivity index (χ1v) is 7.70. The van der Waals surface area contributed by atoms with E-state index in [4.69, 9.17) is 5.11 Å². The largest absolute Gasteiger partial charge is 0.481 e. The fourth-order valence-corrected chi connectivity index (χ4v) is 1.79. The molecule has 0 radical (unpaired) electrons. The Morgan fingerprint density at radius 2 is 1.47 bits per heavy atom. The monoisotopic (exact) mass is 266 g/mol. The SMILES string of the molecule is CCCCCCCCCCC#CCC(C)(C)C(=O)O. The smallest absolute Gasteiger partial charge is 0.310 e. The molecule has 2 heteroatoms. The summed E-state index contributed by atoms with van der Waals surface area (Å²) in [6, 6.07) is 0. The topological polar surface area (TPSA) is 37.3 Å². The summed E-state index contributed by atoms with van der Waals surface area (Å²) >= 11 is 0. The standard InChI is InChI=1S/C17H30O2/c1-4-5-6-7-8-9-10-11-12-13-14-15-17(2,3)16(18)19/h4-12,15H2,1-3H3,(H,18,19). The summed E-state index contributed by atoms with van der Waals surface area (Å²) in [6.07, 6.45) is 11.8. The van der Waals surface area contributed by atoms with Crippen LogP contribution in [-0.2, 0) is 4.79 Å². The first-order chi connectivity index (χ1) is 9.00. The fourth-order valence-electron chi connectivity index (χ4n) is 1.79. The molecule has 0 bridgehead atoms. The maximum atomic E-state index is 10.9. The van der Waals surface area contributed by atoms with Gasteiger partial charge in [0.1, 0.15) is 0 Å². The molecule has 0 aromatic carbocycles. The van der Waals surface area contributed by atoms with Gasteiger partial charge in [-0.25, -0.2) is 0 Å². The molecular weight excluding hydrogens is 236 g/mol. The summed E-state index contributed by atoms with van der Waals surface area (Å²) in [7, 11) is 0. The molecule has 0 amide bonds. The lowest BCUT2D eigenvalue weighted by molar-refractivity contribution is -0.146. The minimum Gasteiger partial charge on any atom is -0.481 e. The van der Waals surface area contributed by atoms with Crippen molar-refractivity contribution in [1.29, 1.82) is 0 Å². The number of carboxylic acid groups (broad SMARTS) is 1. The molecule has 0 rings (SSSR count). The Hall–Kier alpha value is -0.970. The lowest BCUT2D eigenvalue weighted by Crippen LogP contribution is -2.22. The first kappa shape index (κ1) is 18.0. The fraction of sp³-hybridized carbons (Fsp3) is 0.824. The van der Waals surface area contributed by atoms with E-state index >= 15 is 0 Å². The van der Waals surface area contributed by atoms with Crippen molar-refractivity contribution in [3.05, 3.63) is 0 Å². The number of carboxylic acids is 1. The van der Waals surface area contributed by atoms with Crippen LogP contribution in [0.5, 0.6) is 0 Å². The Kier molecular flexibility index (Phi) is 10.4. The predicted octanol–water partition coefficient (Wildman–Crippen LogP) is 5.02. The Morgan fingerprint density at radius 1 is 0.947 bits per heavy atom. The molecule has 0 fully saturated rings. The maximum Gasteiger partial charge on any atom is 0.310 e. The average molecular weight is 266 g/mol. The van der Waals surface area contributed by atoms with Crippen molar-refractivity contribution in [2.75, 3.05) is 0 Å². The second-order valence-electron chi connectivity index (χ2n) is 5.94. The van der Waals surface area contributed by atoms with Crippen molar-refractivity contribution in [3.63, 3.8) is 0 Å². The third-order valence-electron chi connectivity index (χ3n) is 3.39. The highest BCUT2D eigenvalue weighted by Gasteiger charge is 2.25. The quantitative estimate of drug-likeness (QED) is 0.445. The summed E-state index contributed by atoms with van der Waals surface area (Å²) < 4.78 is 0. The van der Waals surface area contributed by atoms with Gasteiger partial charge in [0.2, 0.25) is 0 Å². The van der Waals surface area contributed by atoms with E-state index in [0.717, 1.165) is 12.8 Å². The van der Waals surface area contributed by atoms with Gasteiger partial charge in [-0.15, -0.1) is 11.8 Å². The number of unbranched alkanes of at least 4 members (excludes halogenated alkanes) is 8. The van der Waals surface area contributed by atoms with Crippen LogP contribution in [0.1, 0.15) is 85.0 Å². The third-order valence-corrected chi connectivity index (χ3v) is 3.39. The second kappa shape index (κ2) is 10.9. The Labute approximate surface area is 119 Å². The molecule has 0 aliphatic carbocycles. The van der Waals surface area contributed by atoms with Crippen LogP contribution in [-0.4, -0.2) is 11.1 Å². The van der Waals surface area contributed by atoms with Gasteiger partial charge < -0.3 is 5.11 Å². The molecule has 0 atom stereocenters. The van der Waals surface area contributed by atoms with E-state index in [1.165, 1.54) is 44.9 Å². The Bertz CT molecular complexity index is 294. The van der Waals surface area contributed by atoms with Gasteiger partial charge in [0, 0.05) is 12.8 Å². The van der Waals surface area contributed by atoms with Gasteiger partial charge in [0.25, 0.3) is 0 Å². The van der Waals surface area contributed by atoms with Crippen LogP contribution in [0.4, 0.5) is 0 Å². The number of carbonyl (C=O) groups is 1. The summed E-state index contributed by atoms with van der Waals surface area (Å²) in [5.41, 5.74) is -0.716. The highest BCUT2D eigenvalue weighted by molar-refractivity contribution is 5.73. The van der Waals surface area contributed by atoms with E-state index in [1.807, 2.05) is 0 Å². The lowest BCUT2D eigenvalue weighted by Gasteiger charge is -2.14.